The number of hydrogen-bond donors (Lipinski definition) is 2. The quantitative estimate of drug-likeness (QED) is 0.549. The van der Waals surface area contributed by atoms with Crippen LogP contribution in [0.5, 0.6) is 11.5 Å². The summed E-state index contributed by atoms with van der Waals surface area (Å²) in [6.45, 7) is 10.7. The molecular weight excluding hydrogens is 402 g/mol. The molecule has 0 bridgehead atoms. The maximum Gasteiger partial charge on any atom is 0.338 e. The molecule has 0 spiro atoms. The summed E-state index contributed by atoms with van der Waals surface area (Å²) >= 11 is 0. The molecule has 2 N–H and O–H groups in total. The summed E-state index contributed by atoms with van der Waals surface area (Å²) in [4.78, 5) is 38.5. The van der Waals surface area contributed by atoms with Crippen molar-refractivity contribution in [1.29, 1.82) is 0 Å². The lowest BCUT2D eigenvalue weighted by Gasteiger charge is -2.28. The highest BCUT2D eigenvalue weighted by molar-refractivity contribution is 5.95. The predicted molar refractivity (Wildman–Crippen MR) is 115 cm³/mol. The van der Waals surface area contributed by atoms with Crippen LogP contribution in [0.3, 0.4) is 0 Å². The minimum absolute atomic E-state index is 0.113. The molecule has 1 aliphatic rings. The van der Waals surface area contributed by atoms with Crippen molar-refractivity contribution in [3.05, 3.63) is 35.0 Å². The Morgan fingerprint density at radius 3 is 2.35 bits per heavy atom. The van der Waals surface area contributed by atoms with Crippen LogP contribution in [-0.4, -0.2) is 55.7 Å². The summed E-state index contributed by atoms with van der Waals surface area (Å²) in [6, 6.07) is 3.96. The number of rotatable bonds is 10. The summed E-state index contributed by atoms with van der Waals surface area (Å²) in [7, 11) is 0. The molecule has 1 heterocycles. The standard InChI is InChI=1S/C22H31N3O6/c1-6-25(7-2)18(26)13-31-16-11-10-15(12-17(16)29-8-3)20-19(21(27)30-9-4)14(5)23-22(28)24-20/h10-12,20H,6-9,13H2,1-5H3,(H2,23,24,28). The lowest BCUT2D eigenvalue weighted by atomic mass is 9.95. The molecule has 1 atom stereocenters. The van der Waals surface area contributed by atoms with Crippen LogP contribution in [0.25, 0.3) is 0 Å². The zero-order chi connectivity index (χ0) is 23.0. The van der Waals surface area contributed by atoms with Gasteiger partial charge in [-0.15, -0.1) is 0 Å². The number of allylic oxidation sites excluding steroid dienone is 1. The first-order valence-electron chi connectivity index (χ1n) is 10.5. The van der Waals surface area contributed by atoms with Gasteiger partial charge in [0.2, 0.25) is 0 Å². The van der Waals surface area contributed by atoms with Gasteiger partial charge in [-0.2, -0.15) is 0 Å². The molecule has 0 saturated carbocycles. The fourth-order valence-corrected chi connectivity index (χ4v) is 3.32. The minimum atomic E-state index is -0.710. The number of likely N-dealkylation sites (N-methyl/N-ethyl adjacent to an activating group) is 1. The van der Waals surface area contributed by atoms with Crippen molar-refractivity contribution < 1.29 is 28.6 Å². The van der Waals surface area contributed by atoms with E-state index < -0.39 is 18.0 Å². The number of esters is 1. The van der Waals surface area contributed by atoms with Gasteiger partial charge in [0.05, 0.1) is 24.8 Å². The Hall–Kier alpha value is -3.23. The van der Waals surface area contributed by atoms with Crippen molar-refractivity contribution in [2.75, 3.05) is 32.9 Å². The van der Waals surface area contributed by atoms with Gasteiger partial charge in [-0.1, -0.05) is 6.07 Å². The van der Waals surface area contributed by atoms with Gasteiger partial charge in [0.25, 0.3) is 5.91 Å². The number of carbonyl (C=O) groups excluding carboxylic acids is 3. The Labute approximate surface area is 182 Å². The van der Waals surface area contributed by atoms with E-state index in [4.69, 9.17) is 14.2 Å². The molecular formula is C22H31N3O6. The molecule has 1 aliphatic heterocycles. The van der Waals surface area contributed by atoms with Crippen molar-refractivity contribution >= 4 is 17.9 Å². The molecule has 9 heteroatoms. The third kappa shape index (κ3) is 5.90. The Kier molecular flexibility index (Phi) is 8.72. The fraction of sp³-hybridized carbons (Fsp3) is 0.500. The Bertz CT molecular complexity index is 848. The van der Waals surface area contributed by atoms with E-state index in [2.05, 4.69) is 10.6 Å². The molecule has 1 aromatic carbocycles. The van der Waals surface area contributed by atoms with Crippen LogP contribution >= 0.6 is 0 Å². The molecule has 170 valence electrons. The summed E-state index contributed by atoms with van der Waals surface area (Å²) in [5, 5.41) is 5.36. The topological polar surface area (TPSA) is 106 Å². The normalized spacial score (nSPS) is 15.6. The zero-order valence-electron chi connectivity index (χ0n) is 18.7. The van der Waals surface area contributed by atoms with Crippen LogP contribution in [0.2, 0.25) is 0 Å². The van der Waals surface area contributed by atoms with E-state index in [9.17, 15) is 14.4 Å². The van der Waals surface area contributed by atoms with Crippen molar-refractivity contribution in [2.45, 2.75) is 40.7 Å². The lowest BCUT2D eigenvalue weighted by Crippen LogP contribution is -2.45. The highest BCUT2D eigenvalue weighted by Gasteiger charge is 2.32. The summed E-state index contributed by atoms with van der Waals surface area (Å²) in [5.41, 5.74) is 1.37. The smallest absolute Gasteiger partial charge is 0.338 e. The number of carbonyl (C=O) groups is 3. The van der Waals surface area contributed by atoms with Crippen molar-refractivity contribution in [3.8, 4) is 11.5 Å². The average molecular weight is 434 g/mol. The van der Waals surface area contributed by atoms with Crippen LogP contribution < -0.4 is 20.1 Å². The number of hydrogen-bond acceptors (Lipinski definition) is 6. The van der Waals surface area contributed by atoms with Crippen LogP contribution in [-0.2, 0) is 14.3 Å². The number of benzene rings is 1. The first-order valence-corrected chi connectivity index (χ1v) is 10.5. The molecule has 0 radical (unpaired) electrons. The maximum absolute atomic E-state index is 12.5. The molecule has 0 aliphatic carbocycles. The van der Waals surface area contributed by atoms with Gasteiger partial charge in [0.15, 0.2) is 18.1 Å². The van der Waals surface area contributed by atoms with E-state index >= 15 is 0 Å². The average Bonchev–Trinajstić information content (AvgIpc) is 2.73. The van der Waals surface area contributed by atoms with E-state index in [1.54, 1.807) is 36.9 Å². The van der Waals surface area contributed by atoms with E-state index in [0.29, 0.717) is 48.0 Å². The van der Waals surface area contributed by atoms with Crippen molar-refractivity contribution in [1.82, 2.24) is 15.5 Å². The summed E-state index contributed by atoms with van der Waals surface area (Å²) in [6.07, 6.45) is 0. The number of urea groups is 1. The fourth-order valence-electron chi connectivity index (χ4n) is 3.32. The Morgan fingerprint density at radius 1 is 1.03 bits per heavy atom. The van der Waals surface area contributed by atoms with E-state index in [0.717, 1.165) is 0 Å². The molecule has 0 fully saturated rings. The minimum Gasteiger partial charge on any atom is -0.490 e. The van der Waals surface area contributed by atoms with E-state index in [-0.39, 0.29) is 19.1 Å². The molecule has 3 amide bonds. The molecule has 9 nitrogen and oxygen atoms in total. The monoisotopic (exact) mass is 433 g/mol. The van der Waals surface area contributed by atoms with Gasteiger partial charge in [-0.25, -0.2) is 9.59 Å². The second kappa shape index (κ2) is 11.2. The lowest BCUT2D eigenvalue weighted by molar-refractivity contribution is -0.139. The van der Waals surface area contributed by atoms with Crippen molar-refractivity contribution in [2.24, 2.45) is 0 Å². The van der Waals surface area contributed by atoms with Crippen molar-refractivity contribution in [3.63, 3.8) is 0 Å². The van der Waals surface area contributed by atoms with Gasteiger partial charge in [-0.3, -0.25) is 4.79 Å². The summed E-state index contributed by atoms with van der Waals surface area (Å²) < 4.78 is 16.6. The Morgan fingerprint density at radius 2 is 1.74 bits per heavy atom. The van der Waals surface area contributed by atoms with E-state index in [1.807, 2.05) is 20.8 Å². The largest absolute Gasteiger partial charge is 0.490 e. The number of nitrogens with zero attached hydrogens (tertiary/aromatic N) is 1. The van der Waals surface area contributed by atoms with Gasteiger partial charge in [0.1, 0.15) is 0 Å². The predicted octanol–water partition coefficient (Wildman–Crippen LogP) is 2.52. The molecule has 0 aromatic heterocycles. The number of amides is 3. The SMILES string of the molecule is CCOC(=O)C1=C(C)NC(=O)NC1c1ccc(OCC(=O)N(CC)CC)c(OCC)c1. The van der Waals surface area contributed by atoms with Crippen LogP contribution in [0, 0.1) is 0 Å². The zero-order valence-corrected chi connectivity index (χ0v) is 18.7. The number of nitrogens with one attached hydrogen (secondary N) is 2. The Balaban J connectivity index is 2.33. The third-order valence-corrected chi connectivity index (χ3v) is 4.83. The van der Waals surface area contributed by atoms with Gasteiger partial charge in [0, 0.05) is 18.8 Å². The van der Waals surface area contributed by atoms with Gasteiger partial charge in [-0.05, 0) is 52.3 Å². The second-order valence-electron chi connectivity index (χ2n) is 6.78. The molecule has 2 rings (SSSR count). The first kappa shape index (κ1) is 24.0. The molecule has 31 heavy (non-hydrogen) atoms. The molecule has 0 saturated heterocycles. The number of ether oxygens (including phenoxy) is 3. The maximum atomic E-state index is 12.5. The van der Waals surface area contributed by atoms with Crippen LogP contribution in [0.15, 0.2) is 29.5 Å². The summed E-state index contributed by atoms with van der Waals surface area (Å²) in [5.74, 6) is 0.191. The molecule has 1 aromatic rings. The highest BCUT2D eigenvalue weighted by atomic mass is 16.5. The first-order chi connectivity index (χ1) is 14.9. The second-order valence-corrected chi connectivity index (χ2v) is 6.78. The molecule has 1 unspecified atom stereocenters. The van der Waals surface area contributed by atoms with Gasteiger partial charge >= 0.3 is 12.0 Å². The van der Waals surface area contributed by atoms with E-state index in [1.165, 1.54) is 0 Å². The van der Waals surface area contributed by atoms with Gasteiger partial charge < -0.3 is 29.7 Å². The highest BCUT2D eigenvalue weighted by Crippen LogP contribution is 2.34. The third-order valence-electron chi connectivity index (χ3n) is 4.83. The van der Waals surface area contributed by atoms with Crippen LogP contribution in [0.4, 0.5) is 4.79 Å². The van der Waals surface area contributed by atoms with Crippen LogP contribution in [0.1, 0.15) is 46.2 Å².